The number of halogens is 3. The van der Waals surface area contributed by atoms with E-state index in [2.05, 4.69) is 22.2 Å². The van der Waals surface area contributed by atoms with Gasteiger partial charge in [-0.3, -0.25) is 4.79 Å². The summed E-state index contributed by atoms with van der Waals surface area (Å²) in [5, 5.41) is 2.43. The van der Waals surface area contributed by atoms with Crippen LogP contribution in [0, 0.1) is 0 Å². The van der Waals surface area contributed by atoms with Crippen molar-refractivity contribution in [1.82, 2.24) is 9.97 Å². The lowest BCUT2D eigenvalue weighted by Crippen LogP contribution is -2.21. The summed E-state index contributed by atoms with van der Waals surface area (Å²) >= 11 is 0. The molecule has 0 bridgehead atoms. The molecule has 1 amide bonds. The second-order valence-electron chi connectivity index (χ2n) is 5.57. The number of amides is 1. The number of hydrogen-bond acceptors (Lipinski definition) is 4. The number of carbonyl (C=O) groups excluding carboxylic acids is 1. The van der Waals surface area contributed by atoms with Gasteiger partial charge in [0.15, 0.2) is 0 Å². The Morgan fingerprint density at radius 2 is 2.00 bits per heavy atom. The first-order chi connectivity index (χ1) is 11.8. The maximum Gasteiger partial charge on any atom is 0.416 e. The molecule has 0 radical (unpaired) electrons. The van der Waals surface area contributed by atoms with E-state index in [4.69, 9.17) is 0 Å². The number of nitrogens with zero attached hydrogens (tertiary/aromatic N) is 3. The summed E-state index contributed by atoms with van der Waals surface area (Å²) in [5.74, 6) is -0.00971. The highest BCUT2D eigenvalue weighted by molar-refractivity contribution is 6.03. The van der Waals surface area contributed by atoms with Crippen molar-refractivity contribution in [2.75, 3.05) is 23.8 Å². The van der Waals surface area contributed by atoms with Gasteiger partial charge in [-0.15, -0.1) is 0 Å². The zero-order valence-electron chi connectivity index (χ0n) is 14.0. The first-order valence-corrected chi connectivity index (χ1v) is 7.83. The van der Waals surface area contributed by atoms with Crippen molar-refractivity contribution < 1.29 is 18.0 Å². The number of rotatable bonds is 6. The number of aromatic nitrogens is 2. The smallest absolute Gasteiger partial charge is 0.360 e. The lowest BCUT2D eigenvalue weighted by molar-refractivity contribution is -0.137. The molecule has 0 fully saturated rings. The largest absolute Gasteiger partial charge is 0.416 e. The van der Waals surface area contributed by atoms with Gasteiger partial charge in [0.1, 0.15) is 17.8 Å². The Morgan fingerprint density at radius 1 is 1.24 bits per heavy atom. The standard InChI is InChI=1S/C17H19F3N4O/c1-3-4-8-24(2)15-10-14(21-11-22-15)16(25)23-13-7-5-6-12(9-13)17(18,19)20/h5-7,9-11H,3-4,8H2,1-2H3,(H,23,25). The molecule has 134 valence electrons. The summed E-state index contributed by atoms with van der Waals surface area (Å²) in [6, 6.07) is 5.97. The van der Waals surface area contributed by atoms with Crippen molar-refractivity contribution in [1.29, 1.82) is 0 Å². The van der Waals surface area contributed by atoms with Gasteiger partial charge in [-0.05, 0) is 24.6 Å². The van der Waals surface area contributed by atoms with Crippen molar-refractivity contribution in [3.8, 4) is 0 Å². The number of alkyl halides is 3. The highest BCUT2D eigenvalue weighted by Crippen LogP contribution is 2.30. The molecule has 2 rings (SSSR count). The fraction of sp³-hybridized carbons (Fsp3) is 0.353. The third-order valence-electron chi connectivity index (χ3n) is 3.57. The second kappa shape index (κ2) is 7.96. The van der Waals surface area contributed by atoms with Gasteiger partial charge in [-0.25, -0.2) is 9.97 Å². The molecule has 0 aliphatic rings. The molecule has 1 N–H and O–H groups in total. The second-order valence-corrected chi connectivity index (χ2v) is 5.57. The summed E-state index contributed by atoms with van der Waals surface area (Å²) in [7, 11) is 1.85. The topological polar surface area (TPSA) is 58.1 Å². The van der Waals surface area contributed by atoms with Crippen LogP contribution in [0.1, 0.15) is 35.8 Å². The molecule has 1 heterocycles. The Labute approximate surface area is 143 Å². The van der Waals surface area contributed by atoms with Gasteiger partial charge in [0.25, 0.3) is 5.91 Å². The third kappa shape index (κ3) is 5.17. The molecule has 1 aromatic heterocycles. The van der Waals surface area contributed by atoms with Gasteiger partial charge in [0.2, 0.25) is 0 Å². The molecule has 5 nitrogen and oxygen atoms in total. The van der Waals surface area contributed by atoms with Crippen LogP contribution in [0.3, 0.4) is 0 Å². The number of carbonyl (C=O) groups is 1. The lowest BCUT2D eigenvalue weighted by atomic mass is 10.2. The summed E-state index contributed by atoms with van der Waals surface area (Å²) in [6.45, 7) is 2.85. The highest BCUT2D eigenvalue weighted by atomic mass is 19.4. The molecule has 0 atom stereocenters. The molecule has 0 aliphatic carbocycles. The van der Waals surface area contributed by atoms with Crippen LogP contribution in [-0.4, -0.2) is 29.5 Å². The van der Waals surface area contributed by atoms with Crippen molar-refractivity contribution >= 4 is 17.4 Å². The van der Waals surface area contributed by atoms with Gasteiger partial charge in [-0.1, -0.05) is 19.4 Å². The number of nitrogens with one attached hydrogen (secondary N) is 1. The average Bonchev–Trinajstić information content (AvgIpc) is 2.59. The Hall–Kier alpha value is -2.64. The van der Waals surface area contributed by atoms with Crippen LogP contribution in [0.5, 0.6) is 0 Å². The van der Waals surface area contributed by atoms with E-state index >= 15 is 0 Å². The van der Waals surface area contributed by atoms with E-state index in [9.17, 15) is 18.0 Å². The fourth-order valence-corrected chi connectivity index (χ4v) is 2.16. The van der Waals surface area contributed by atoms with Crippen LogP contribution in [0.2, 0.25) is 0 Å². The molecule has 0 unspecified atom stereocenters. The normalized spacial score (nSPS) is 11.2. The highest BCUT2D eigenvalue weighted by Gasteiger charge is 2.30. The number of hydrogen-bond donors (Lipinski definition) is 1. The molecule has 0 aliphatic heterocycles. The van der Waals surface area contributed by atoms with Gasteiger partial charge >= 0.3 is 6.18 Å². The third-order valence-corrected chi connectivity index (χ3v) is 3.57. The van der Waals surface area contributed by atoms with Crippen LogP contribution in [0.4, 0.5) is 24.7 Å². The molecule has 0 spiro atoms. The quantitative estimate of drug-likeness (QED) is 0.854. The molecule has 8 heteroatoms. The monoisotopic (exact) mass is 352 g/mol. The first-order valence-electron chi connectivity index (χ1n) is 7.83. The predicted octanol–water partition coefficient (Wildman–Crippen LogP) is 3.98. The van der Waals surface area contributed by atoms with Crippen LogP contribution < -0.4 is 10.2 Å². The van der Waals surface area contributed by atoms with Crippen molar-refractivity contribution in [3.63, 3.8) is 0 Å². The van der Waals surface area contributed by atoms with Crippen LogP contribution in [0.25, 0.3) is 0 Å². The van der Waals surface area contributed by atoms with Gasteiger partial charge in [0, 0.05) is 25.3 Å². The summed E-state index contributed by atoms with van der Waals surface area (Å²) in [4.78, 5) is 22.2. The molecular weight excluding hydrogens is 333 g/mol. The van der Waals surface area contributed by atoms with E-state index < -0.39 is 17.6 Å². The minimum absolute atomic E-state index is 0.0549. The van der Waals surface area contributed by atoms with E-state index in [0.29, 0.717) is 5.82 Å². The number of benzene rings is 1. The van der Waals surface area contributed by atoms with Crippen molar-refractivity contribution in [3.05, 3.63) is 47.9 Å². The minimum atomic E-state index is -4.47. The molecule has 0 saturated carbocycles. The van der Waals surface area contributed by atoms with E-state index in [-0.39, 0.29) is 11.4 Å². The Balaban J connectivity index is 2.13. The zero-order chi connectivity index (χ0) is 18.4. The summed E-state index contributed by atoms with van der Waals surface area (Å²) in [5.41, 5.74) is -0.682. The molecule has 1 aromatic carbocycles. The first kappa shape index (κ1) is 18.7. The van der Waals surface area contributed by atoms with Crippen molar-refractivity contribution in [2.24, 2.45) is 0 Å². The van der Waals surface area contributed by atoms with Crippen molar-refractivity contribution in [2.45, 2.75) is 25.9 Å². The predicted molar refractivity (Wildman–Crippen MR) is 89.6 cm³/mol. The van der Waals surface area contributed by atoms with Gasteiger partial charge in [-0.2, -0.15) is 13.2 Å². The zero-order valence-corrected chi connectivity index (χ0v) is 14.0. The van der Waals surface area contributed by atoms with E-state index in [1.165, 1.54) is 24.5 Å². The summed E-state index contributed by atoms with van der Waals surface area (Å²) in [6.07, 6.45) is -1.20. The minimum Gasteiger partial charge on any atom is -0.360 e. The van der Waals surface area contributed by atoms with E-state index in [1.54, 1.807) is 0 Å². The van der Waals surface area contributed by atoms with E-state index in [0.717, 1.165) is 31.5 Å². The van der Waals surface area contributed by atoms with E-state index in [1.807, 2.05) is 11.9 Å². The lowest BCUT2D eigenvalue weighted by Gasteiger charge is -2.17. The SMILES string of the molecule is CCCCN(C)c1cc(C(=O)Nc2cccc(C(F)(F)F)c2)ncn1. The Kier molecular flexibility index (Phi) is 5.95. The molecular formula is C17H19F3N4O. The Bertz CT molecular complexity index is 734. The number of anilines is 2. The molecule has 25 heavy (non-hydrogen) atoms. The molecule has 0 saturated heterocycles. The molecule has 2 aromatic rings. The Morgan fingerprint density at radius 3 is 2.68 bits per heavy atom. The summed E-state index contributed by atoms with van der Waals surface area (Å²) < 4.78 is 38.2. The average molecular weight is 352 g/mol. The van der Waals surface area contributed by atoms with Crippen LogP contribution in [-0.2, 0) is 6.18 Å². The van der Waals surface area contributed by atoms with Gasteiger partial charge < -0.3 is 10.2 Å². The number of unbranched alkanes of at least 4 members (excludes halogenated alkanes) is 1. The van der Waals surface area contributed by atoms with Gasteiger partial charge in [0.05, 0.1) is 5.56 Å². The van der Waals surface area contributed by atoms with Crippen LogP contribution >= 0.6 is 0 Å². The maximum absolute atomic E-state index is 12.7. The fourth-order valence-electron chi connectivity index (χ4n) is 2.16. The van der Waals surface area contributed by atoms with Crippen LogP contribution in [0.15, 0.2) is 36.7 Å². The maximum atomic E-state index is 12.7.